The molecule has 2 aromatic carbocycles. The van der Waals surface area contributed by atoms with Gasteiger partial charge < -0.3 is 14.8 Å². The smallest absolute Gasteiger partial charge is 0.338 e. The molecule has 1 saturated carbocycles. The molecule has 0 amide bonds. The van der Waals surface area contributed by atoms with E-state index in [1.54, 1.807) is 13.2 Å². The maximum absolute atomic E-state index is 12.4. The zero-order valence-corrected chi connectivity index (χ0v) is 17.5. The Morgan fingerprint density at radius 1 is 1.14 bits per heavy atom. The largest absolute Gasteiger partial charge is 0.496 e. The lowest BCUT2D eigenvalue weighted by molar-refractivity contribution is 0.0500. The zero-order valence-electron chi connectivity index (χ0n) is 17.5. The molecule has 1 atom stereocenters. The summed E-state index contributed by atoms with van der Waals surface area (Å²) >= 11 is 0. The van der Waals surface area contributed by atoms with Gasteiger partial charge >= 0.3 is 5.97 Å². The molecule has 4 rings (SSSR count). The predicted octanol–water partition coefficient (Wildman–Crippen LogP) is 5.18. The second-order valence-electron chi connectivity index (χ2n) is 8.40. The van der Waals surface area contributed by atoms with Gasteiger partial charge in [0.15, 0.2) is 0 Å². The Labute approximate surface area is 173 Å². The molecule has 1 saturated heterocycles. The van der Waals surface area contributed by atoms with Gasteiger partial charge in [-0.2, -0.15) is 0 Å². The van der Waals surface area contributed by atoms with Crippen molar-refractivity contribution < 1.29 is 14.3 Å². The van der Waals surface area contributed by atoms with Crippen LogP contribution in [-0.4, -0.2) is 32.8 Å². The molecule has 4 nitrogen and oxygen atoms in total. The molecule has 154 valence electrons. The number of benzene rings is 2. The van der Waals surface area contributed by atoms with Crippen LogP contribution in [0.25, 0.3) is 11.1 Å². The van der Waals surface area contributed by atoms with Gasteiger partial charge in [-0.15, -0.1) is 0 Å². The number of hydrogen-bond acceptors (Lipinski definition) is 4. The highest BCUT2D eigenvalue weighted by atomic mass is 16.5. The molecular weight excluding hydrogens is 362 g/mol. The number of piperidine rings is 1. The van der Waals surface area contributed by atoms with E-state index in [4.69, 9.17) is 9.47 Å². The lowest BCUT2D eigenvalue weighted by Crippen LogP contribution is -2.29. The van der Waals surface area contributed by atoms with E-state index < -0.39 is 0 Å². The fourth-order valence-electron chi connectivity index (χ4n) is 4.64. The SMILES string of the molecule is CCCCOC(=O)c1ccc(OC)c(-c2ccc([C@H]3CC34CCNCC4)cc2)c1. The van der Waals surface area contributed by atoms with Crippen LogP contribution in [0.1, 0.15) is 60.9 Å². The Balaban J connectivity index is 1.52. The van der Waals surface area contributed by atoms with Crippen molar-refractivity contribution in [2.45, 2.75) is 44.9 Å². The first-order valence-electron chi connectivity index (χ1n) is 10.8. The van der Waals surface area contributed by atoms with E-state index in [-0.39, 0.29) is 5.97 Å². The molecule has 29 heavy (non-hydrogen) atoms. The van der Waals surface area contributed by atoms with Gasteiger partial charge in [0.05, 0.1) is 19.3 Å². The molecular formula is C25H31NO3. The van der Waals surface area contributed by atoms with Gasteiger partial charge in [0.1, 0.15) is 5.75 Å². The minimum absolute atomic E-state index is 0.273. The summed E-state index contributed by atoms with van der Waals surface area (Å²) in [5.41, 5.74) is 4.53. The van der Waals surface area contributed by atoms with Crippen molar-refractivity contribution in [1.82, 2.24) is 5.32 Å². The minimum Gasteiger partial charge on any atom is -0.496 e. The van der Waals surface area contributed by atoms with Gasteiger partial charge in [-0.1, -0.05) is 37.6 Å². The molecule has 1 heterocycles. The fraction of sp³-hybridized carbons (Fsp3) is 0.480. The number of hydrogen-bond donors (Lipinski definition) is 1. The van der Waals surface area contributed by atoms with Crippen LogP contribution in [0.4, 0.5) is 0 Å². The summed E-state index contributed by atoms with van der Waals surface area (Å²) in [5.74, 6) is 1.19. The number of rotatable bonds is 7. The Hall–Kier alpha value is -2.33. The molecule has 0 radical (unpaired) electrons. The van der Waals surface area contributed by atoms with Crippen LogP contribution in [0, 0.1) is 5.41 Å². The average molecular weight is 394 g/mol. The number of nitrogens with one attached hydrogen (secondary N) is 1. The number of ether oxygens (including phenoxy) is 2. The van der Waals surface area contributed by atoms with E-state index in [0.717, 1.165) is 42.8 Å². The monoisotopic (exact) mass is 393 g/mol. The van der Waals surface area contributed by atoms with Gasteiger partial charge in [-0.25, -0.2) is 4.79 Å². The summed E-state index contributed by atoms with van der Waals surface area (Å²) < 4.78 is 10.9. The molecule has 1 spiro atoms. The van der Waals surface area contributed by atoms with Crippen LogP contribution < -0.4 is 10.1 Å². The van der Waals surface area contributed by atoms with Gasteiger partial charge in [-0.05, 0) is 79.4 Å². The summed E-state index contributed by atoms with van der Waals surface area (Å²) in [7, 11) is 1.66. The Morgan fingerprint density at radius 3 is 2.59 bits per heavy atom. The number of carbonyl (C=O) groups is 1. The summed E-state index contributed by atoms with van der Waals surface area (Å²) in [6.07, 6.45) is 5.78. The first-order valence-corrected chi connectivity index (χ1v) is 10.8. The lowest BCUT2D eigenvalue weighted by Gasteiger charge is -2.23. The minimum atomic E-state index is -0.273. The quantitative estimate of drug-likeness (QED) is 0.520. The van der Waals surface area contributed by atoms with Crippen LogP contribution in [0.15, 0.2) is 42.5 Å². The molecule has 0 aromatic heterocycles. The molecule has 0 bridgehead atoms. The van der Waals surface area contributed by atoms with E-state index in [9.17, 15) is 4.79 Å². The highest BCUT2D eigenvalue weighted by Gasteiger charge is 2.54. The average Bonchev–Trinajstić information content (AvgIpc) is 3.46. The van der Waals surface area contributed by atoms with Crippen LogP contribution in [0.3, 0.4) is 0 Å². The molecule has 2 fully saturated rings. The Morgan fingerprint density at radius 2 is 1.90 bits per heavy atom. The number of methoxy groups -OCH3 is 1. The summed E-state index contributed by atoms with van der Waals surface area (Å²) in [6.45, 7) is 4.83. The summed E-state index contributed by atoms with van der Waals surface area (Å²) in [5, 5.41) is 3.47. The maximum Gasteiger partial charge on any atom is 0.338 e. The van der Waals surface area contributed by atoms with Gasteiger partial charge in [0, 0.05) is 5.56 Å². The number of esters is 1. The third kappa shape index (κ3) is 4.18. The third-order valence-corrected chi connectivity index (χ3v) is 6.58. The molecule has 4 heteroatoms. The van der Waals surface area contributed by atoms with Gasteiger partial charge in [0.2, 0.25) is 0 Å². The van der Waals surface area contributed by atoms with E-state index in [2.05, 4.69) is 36.5 Å². The Bertz CT molecular complexity index is 853. The molecule has 2 aliphatic rings. The van der Waals surface area contributed by atoms with E-state index in [1.807, 2.05) is 12.1 Å². The molecule has 1 aliphatic carbocycles. The summed E-state index contributed by atoms with van der Waals surface area (Å²) in [6, 6.07) is 14.3. The van der Waals surface area contributed by atoms with Crippen molar-refractivity contribution in [3.63, 3.8) is 0 Å². The van der Waals surface area contributed by atoms with E-state index in [0.29, 0.717) is 23.5 Å². The first kappa shape index (κ1) is 20.0. The first-order chi connectivity index (χ1) is 14.2. The molecule has 0 unspecified atom stereocenters. The number of unbranched alkanes of at least 4 members (excludes halogenated alkanes) is 1. The topological polar surface area (TPSA) is 47.6 Å². The Kier molecular flexibility index (Phi) is 5.91. The maximum atomic E-state index is 12.4. The predicted molar refractivity (Wildman–Crippen MR) is 116 cm³/mol. The normalized spacial score (nSPS) is 19.7. The van der Waals surface area contributed by atoms with E-state index >= 15 is 0 Å². The van der Waals surface area contributed by atoms with Crippen LogP contribution >= 0.6 is 0 Å². The van der Waals surface area contributed by atoms with Crippen molar-refractivity contribution >= 4 is 5.97 Å². The molecule has 1 N–H and O–H groups in total. The van der Waals surface area contributed by atoms with Gasteiger partial charge in [0.25, 0.3) is 0 Å². The van der Waals surface area contributed by atoms with Crippen LogP contribution in [0.2, 0.25) is 0 Å². The van der Waals surface area contributed by atoms with Crippen molar-refractivity contribution in [3.05, 3.63) is 53.6 Å². The van der Waals surface area contributed by atoms with Crippen LogP contribution in [-0.2, 0) is 4.74 Å². The zero-order chi connectivity index (χ0) is 20.3. The third-order valence-electron chi connectivity index (χ3n) is 6.58. The highest BCUT2D eigenvalue weighted by molar-refractivity contribution is 5.92. The second kappa shape index (κ2) is 8.58. The van der Waals surface area contributed by atoms with Crippen molar-refractivity contribution in [2.75, 3.05) is 26.8 Å². The highest BCUT2D eigenvalue weighted by Crippen LogP contribution is 2.64. The van der Waals surface area contributed by atoms with Crippen molar-refractivity contribution in [1.29, 1.82) is 0 Å². The molecule has 2 aromatic rings. The fourth-order valence-corrected chi connectivity index (χ4v) is 4.64. The standard InChI is InChI=1S/C25H31NO3/c1-3-4-15-29-24(27)20-9-10-23(28-2)21(16-20)18-5-7-19(8-6-18)22-17-25(22)11-13-26-14-12-25/h5-10,16,22,26H,3-4,11-15,17H2,1-2H3/t22-/m1/s1. The van der Waals surface area contributed by atoms with Crippen molar-refractivity contribution in [2.24, 2.45) is 5.41 Å². The number of carbonyl (C=O) groups excluding carboxylic acids is 1. The lowest BCUT2D eigenvalue weighted by atomic mass is 9.89. The van der Waals surface area contributed by atoms with Crippen molar-refractivity contribution in [3.8, 4) is 16.9 Å². The van der Waals surface area contributed by atoms with Crippen LogP contribution in [0.5, 0.6) is 5.75 Å². The van der Waals surface area contributed by atoms with Gasteiger partial charge in [-0.3, -0.25) is 0 Å². The summed E-state index contributed by atoms with van der Waals surface area (Å²) in [4.78, 5) is 12.4. The molecule has 1 aliphatic heterocycles. The van der Waals surface area contributed by atoms with E-state index in [1.165, 1.54) is 24.8 Å². The second-order valence-corrected chi connectivity index (χ2v) is 8.40.